The molecule has 11 heteroatoms. The van der Waals surface area contributed by atoms with E-state index >= 15 is 0 Å². The summed E-state index contributed by atoms with van der Waals surface area (Å²) in [4.78, 5) is 25.4. The molecular formula is C12H14FN7O3. The average Bonchev–Trinajstić information content (AvgIpc) is 2.94. The van der Waals surface area contributed by atoms with Crippen molar-refractivity contribution in [3.05, 3.63) is 39.3 Å². The largest absolute Gasteiger partial charge is 0.381 e. The van der Waals surface area contributed by atoms with E-state index in [-0.39, 0.29) is 17.9 Å². The molecule has 0 radical (unpaired) electrons. The molecular weight excluding hydrogens is 309 g/mol. The Kier molecular flexibility index (Phi) is 4.48. The van der Waals surface area contributed by atoms with Crippen LogP contribution >= 0.6 is 0 Å². The molecule has 23 heavy (non-hydrogen) atoms. The van der Waals surface area contributed by atoms with Gasteiger partial charge in [-0.05, 0) is 16.8 Å². The molecule has 0 aliphatic heterocycles. The SMILES string of the molecule is Cc1nn(C)c(F)c1/C=N/NC(=O)Cn1cc([N+](=O)[O-])nc1C. The summed E-state index contributed by atoms with van der Waals surface area (Å²) in [7, 11) is 1.45. The van der Waals surface area contributed by atoms with Crippen molar-refractivity contribution in [2.45, 2.75) is 20.4 Å². The van der Waals surface area contributed by atoms with Crippen molar-refractivity contribution in [2.75, 3.05) is 0 Å². The first kappa shape index (κ1) is 16.3. The molecule has 0 bridgehead atoms. The van der Waals surface area contributed by atoms with Gasteiger partial charge in [0, 0.05) is 14.0 Å². The summed E-state index contributed by atoms with van der Waals surface area (Å²) in [5, 5.41) is 18.1. The van der Waals surface area contributed by atoms with E-state index in [1.165, 1.54) is 18.5 Å². The van der Waals surface area contributed by atoms with E-state index in [1.54, 1.807) is 6.92 Å². The van der Waals surface area contributed by atoms with Crippen LogP contribution in [-0.4, -0.2) is 36.4 Å². The number of hydrogen-bond acceptors (Lipinski definition) is 6. The van der Waals surface area contributed by atoms with Crippen LogP contribution in [0.2, 0.25) is 0 Å². The average molecular weight is 323 g/mol. The van der Waals surface area contributed by atoms with Crippen molar-refractivity contribution in [3.8, 4) is 0 Å². The molecule has 2 heterocycles. The topological polar surface area (TPSA) is 120 Å². The molecule has 0 saturated heterocycles. The van der Waals surface area contributed by atoms with Gasteiger partial charge in [-0.25, -0.2) is 10.1 Å². The maximum absolute atomic E-state index is 13.6. The minimum atomic E-state index is -0.645. The Morgan fingerprint density at radius 3 is 2.78 bits per heavy atom. The minimum absolute atomic E-state index is 0.169. The zero-order valence-corrected chi connectivity index (χ0v) is 12.6. The first-order valence-electron chi connectivity index (χ1n) is 6.48. The molecule has 0 spiro atoms. The number of nitrogens with one attached hydrogen (secondary N) is 1. The van der Waals surface area contributed by atoms with Crippen LogP contribution < -0.4 is 5.43 Å². The molecule has 0 unspecified atom stereocenters. The van der Waals surface area contributed by atoms with Gasteiger partial charge in [-0.15, -0.1) is 0 Å². The normalized spacial score (nSPS) is 11.1. The second kappa shape index (κ2) is 6.34. The van der Waals surface area contributed by atoms with Gasteiger partial charge in [0.15, 0.2) is 0 Å². The van der Waals surface area contributed by atoms with Crippen LogP contribution in [0.5, 0.6) is 0 Å². The number of carbonyl (C=O) groups is 1. The zero-order valence-electron chi connectivity index (χ0n) is 12.6. The van der Waals surface area contributed by atoms with Crippen molar-refractivity contribution in [2.24, 2.45) is 12.1 Å². The van der Waals surface area contributed by atoms with Crippen LogP contribution in [0, 0.1) is 29.9 Å². The van der Waals surface area contributed by atoms with E-state index in [0.29, 0.717) is 11.5 Å². The molecule has 1 N–H and O–H groups in total. The lowest BCUT2D eigenvalue weighted by atomic mass is 10.3. The van der Waals surface area contributed by atoms with Crippen LogP contribution in [0.15, 0.2) is 11.3 Å². The lowest BCUT2D eigenvalue weighted by Crippen LogP contribution is -2.23. The maximum atomic E-state index is 13.6. The van der Waals surface area contributed by atoms with Crippen LogP contribution in [0.4, 0.5) is 10.2 Å². The monoisotopic (exact) mass is 323 g/mol. The van der Waals surface area contributed by atoms with E-state index < -0.39 is 16.8 Å². The Morgan fingerprint density at radius 1 is 1.57 bits per heavy atom. The fourth-order valence-corrected chi connectivity index (χ4v) is 1.89. The molecule has 122 valence electrons. The lowest BCUT2D eigenvalue weighted by Gasteiger charge is -2.00. The van der Waals surface area contributed by atoms with Crippen LogP contribution in [-0.2, 0) is 18.4 Å². The highest BCUT2D eigenvalue weighted by atomic mass is 19.1. The highest BCUT2D eigenvalue weighted by molar-refractivity contribution is 5.83. The van der Waals surface area contributed by atoms with Gasteiger partial charge in [-0.2, -0.15) is 14.6 Å². The predicted molar refractivity (Wildman–Crippen MR) is 77.3 cm³/mol. The number of carbonyl (C=O) groups excluding carboxylic acids is 1. The number of hydrazone groups is 1. The quantitative estimate of drug-likeness (QED) is 0.486. The van der Waals surface area contributed by atoms with Crippen molar-refractivity contribution in [3.63, 3.8) is 0 Å². The number of aromatic nitrogens is 4. The van der Waals surface area contributed by atoms with Crippen LogP contribution in [0.3, 0.4) is 0 Å². The van der Waals surface area contributed by atoms with Crippen LogP contribution in [0.25, 0.3) is 0 Å². The first-order chi connectivity index (χ1) is 10.8. The second-order valence-corrected chi connectivity index (χ2v) is 4.74. The summed E-state index contributed by atoms with van der Waals surface area (Å²) < 4.78 is 16.0. The van der Waals surface area contributed by atoms with Crippen molar-refractivity contribution >= 4 is 17.9 Å². The van der Waals surface area contributed by atoms with E-state index in [4.69, 9.17) is 0 Å². The summed E-state index contributed by atoms with van der Waals surface area (Å²) in [6.07, 6.45) is 2.31. The Hall–Kier alpha value is -3.11. The van der Waals surface area contributed by atoms with Gasteiger partial charge < -0.3 is 10.1 Å². The van der Waals surface area contributed by atoms with Crippen LogP contribution in [0.1, 0.15) is 17.1 Å². The Labute approximate surface area is 129 Å². The van der Waals surface area contributed by atoms with E-state index in [2.05, 4.69) is 20.6 Å². The molecule has 0 atom stereocenters. The molecule has 0 aromatic carbocycles. The van der Waals surface area contributed by atoms with E-state index in [1.807, 2.05) is 0 Å². The summed E-state index contributed by atoms with van der Waals surface area (Å²) in [5.41, 5.74) is 2.82. The summed E-state index contributed by atoms with van der Waals surface area (Å²) in [6.45, 7) is 2.96. The third kappa shape index (κ3) is 3.56. The van der Waals surface area contributed by atoms with E-state index in [0.717, 1.165) is 17.1 Å². The molecule has 10 nitrogen and oxygen atoms in total. The molecule has 0 saturated carbocycles. The second-order valence-electron chi connectivity index (χ2n) is 4.74. The van der Waals surface area contributed by atoms with Gasteiger partial charge in [0.25, 0.3) is 5.91 Å². The third-order valence-electron chi connectivity index (χ3n) is 3.04. The van der Waals surface area contributed by atoms with Gasteiger partial charge in [-0.1, -0.05) is 0 Å². The Bertz CT molecular complexity index is 793. The third-order valence-corrected chi connectivity index (χ3v) is 3.04. The zero-order chi connectivity index (χ0) is 17.1. The van der Waals surface area contributed by atoms with Gasteiger partial charge in [0.1, 0.15) is 12.7 Å². The number of amides is 1. The highest BCUT2D eigenvalue weighted by Crippen LogP contribution is 2.10. The molecule has 0 fully saturated rings. The number of nitrogens with zero attached hydrogens (tertiary/aromatic N) is 6. The standard InChI is InChI=1S/C12H14FN7O3/c1-7-9(12(13)18(3)17-7)4-14-16-11(21)6-19-5-10(20(22)23)15-8(19)2/h4-5H,6H2,1-3H3,(H,16,21)/b14-4+. The number of hydrogen-bond donors (Lipinski definition) is 1. The fourth-order valence-electron chi connectivity index (χ4n) is 1.89. The fraction of sp³-hybridized carbons (Fsp3) is 0.333. The molecule has 0 aliphatic rings. The number of halogens is 1. The summed E-state index contributed by atoms with van der Waals surface area (Å²) in [5.74, 6) is -1.11. The van der Waals surface area contributed by atoms with Crippen molar-refractivity contribution < 1.29 is 14.1 Å². The molecule has 2 rings (SSSR count). The maximum Gasteiger partial charge on any atom is 0.381 e. The van der Waals surface area contributed by atoms with Gasteiger partial charge in [0.05, 0.1) is 17.5 Å². The predicted octanol–water partition coefficient (Wildman–Crippen LogP) is 0.431. The smallest absolute Gasteiger partial charge is 0.358 e. The molecule has 0 aliphatic carbocycles. The van der Waals surface area contributed by atoms with Crippen molar-refractivity contribution in [1.82, 2.24) is 24.8 Å². The van der Waals surface area contributed by atoms with E-state index in [9.17, 15) is 19.3 Å². The Morgan fingerprint density at radius 2 is 2.26 bits per heavy atom. The van der Waals surface area contributed by atoms with Gasteiger partial charge in [0.2, 0.25) is 11.8 Å². The number of aryl methyl sites for hydroxylation is 3. The van der Waals surface area contributed by atoms with Gasteiger partial charge in [-0.3, -0.25) is 9.36 Å². The number of rotatable bonds is 5. The summed E-state index contributed by atoms with van der Waals surface area (Å²) >= 11 is 0. The highest BCUT2D eigenvalue weighted by Gasteiger charge is 2.16. The first-order valence-corrected chi connectivity index (χ1v) is 6.48. The minimum Gasteiger partial charge on any atom is -0.358 e. The Balaban J connectivity index is 2.00. The molecule has 2 aromatic heterocycles. The molecule has 1 amide bonds. The summed E-state index contributed by atoms with van der Waals surface area (Å²) in [6, 6.07) is 0. The number of nitro groups is 1. The van der Waals surface area contributed by atoms with Gasteiger partial charge >= 0.3 is 5.82 Å². The number of imidazole rings is 1. The van der Waals surface area contributed by atoms with Crippen molar-refractivity contribution in [1.29, 1.82) is 0 Å². The lowest BCUT2D eigenvalue weighted by molar-refractivity contribution is -0.389. The molecule has 2 aromatic rings.